The second-order valence-electron chi connectivity index (χ2n) is 3.86. The van der Waals surface area contributed by atoms with Crippen molar-refractivity contribution in [1.82, 2.24) is 5.32 Å². The van der Waals surface area contributed by atoms with E-state index in [2.05, 4.69) is 5.32 Å². The highest BCUT2D eigenvalue weighted by Crippen LogP contribution is 2.02. The number of carbonyl (C=O) groups excluding carboxylic acids is 1. The number of hydrogen-bond donors (Lipinski definition) is 2. The number of carbonyl (C=O) groups is 1. The van der Waals surface area contributed by atoms with Crippen LogP contribution in [0.5, 0.6) is 0 Å². The van der Waals surface area contributed by atoms with Crippen LogP contribution in [-0.4, -0.2) is 35.2 Å². The van der Waals surface area contributed by atoms with E-state index >= 15 is 0 Å². The minimum Gasteiger partial charge on any atom is -0.356 e. The van der Waals surface area contributed by atoms with E-state index in [1.807, 2.05) is 6.92 Å². The van der Waals surface area contributed by atoms with E-state index in [0.717, 1.165) is 12.8 Å². The molecule has 5 heteroatoms. The van der Waals surface area contributed by atoms with Gasteiger partial charge in [-0.1, -0.05) is 6.92 Å². The Morgan fingerprint density at radius 3 is 2.73 bits per heavy atom. The first kappa shape index (κ1) is 14.6. The van der Waals surface area contributed by atoms with Crippen LogP contribution in [-0.2, 0) is 15.6 Å². The molecule has 0 heterocycles. The van der Waals surface area contributed by atoms with Crippen molar-refractivity contribution in [2.75, 3.05) is 25.1 Å². The Balaban J connectivity index is 3.37. The molecule has 15 heavy (non-hydrogen) atoms. The van der Waals surface area contributed by atoms with Gasteiger partial charge in [0.1, 0.15) is 0 Å². The molecule has 0 aromatic rings. The van der Waals surface area contributed by atoms with Crippen LogP contribution in [0.3, 0.4) is 0 Å². The summed E-state index contributed by atoms with van der Waals surface area (Å²) in [6.07, 6.45) is 3.82. The van der Waals surface area contributed by atoms with Crippen LogP contribution in [0.2, 0.25) is 0 Å². The molecule has 0 spiro atoms. The molecular formula is C10H22N2O2S. The topological polar surface area (TPSA) is 72.2 Å². The maximum atomic E-state index is 11.3. The molecule has 4 nitrogen and oxygen atoms in total. The van der Waals surface area contributed by atoms with E-state index in [1.165, 1.54) is 0 Å². The molecule has 0 saturated heterocycles. The van der Waals surface area contributed by atoms with Crippen LogP contribution in [0.15, 0.2) is 0 Å². The highest BCUT2D eigenvalue weighted by molar-refractivity contribution is 7.84. The molecule has 0 saturated carbocycles. The molecule has 2 atom stereocenters. The van der Waals surface area contributed by atoms with Gasteiger partial charge in [-0.2, -0.15) is 0 Å². The molecule has 3 N–H and O–H groups in total. The SMILES string of the molecule is CC(CN)CCC(=O)NCCCS(C)=O. The van der Waals surface area contributed by atoms with Gasteiger partial charge < -0.3 is 11.1 Å². The normalized spacial score (nSPS) is 14.6. The summed E-state index contributed by atoms with van der Waals surface area (Å²) in [5, 5.41) is 2.80. The van der Waals surface area contributed by atoms with Crippen molar-refractivity contribution in [3.05, 3.63) is 0 Å². The molecule has 0 aliphatic rings. The lowest BCUT2D eigenvalue weighted by atomic mass is 10.1. The van der Waals surface area contributed by atoms with Crippen LogP contribution >= 0.6 is 0 Å². The average molecular weight is 234 g/mol. The molecule has 0 aliphatic heterocycles. The molecule has 0 rings (SSSR count). The zero-order valence-corrected chi connectivity index (χ0v) is 10.4. The molecule has 0 bridgehead atoms. The van der Waals surface area contributed by atoms with E-state index in [9.17, 15) is 9.00 Å². The summed E-state index contributed by atoms with van der Waals surface area (Å²) in [6.45, 7) is 3.28. The second kappa shape index (κ2) is 8.85. The van der Waals surface area contributed by atoms with Gasteiger partial charge in [-0.25, -0.2) is 0 Å². The summed E-state index contributed by atoms with van der Waals surface area (Å²) in [4.78, 5) is 11.3. The number of amides is 1. The fourth-order valence-electron chi connectivity index (χ4n) is 1.09. The minimum absolute atomic E-state index is 0.0668. The van der Waals surface area contributed by atoms with Crippen LogP contribution in [0, 0.1) is 5.92 Å². The Bertz CT molecular complexity index is 210. The number of nitrogens with one attached hydrogen (secondary N) is 1. The summed E-state index contributed by atoms with van der Waals surface area (Å²) in [6, 6.07) is 0. The quantitative estimate of drug-likeness (QED) is 0.591. The Morgan fingerprint density at radius 1 is 1.53 bits per heavy atom. The monoisotopic (exact) mass is 234 g/mol. The largest absolute Gasteiger partial charge is 0.356 e. The van der Waals surface area contributed by atoms with Crippen molar-refractivity contribution in [3.63, 3.8) is 0 Å². The van der Waals surface area contributed by atoms with Crippen molar-refractivity contribution in [2.45, 2.75) is 26.2 Å². The highest BCUT2D eigenvalue weighted by Gasteiger charge is 2.04. The molecular weight excluding hydrogens is 212 g/mol. The van der Waals surface area contributed by atoms with Crippen molar-refractivity contribution in [1.29, 1.82) is 0 Å². The third-order valence-corrected chi connectivity index (χ3v) is 3.06. The van der Waals surface area contributed by atoms with Gasteiger partial charge in [0.05, 0.1) is 0 Å². The molecule has 0 aliphatic carbocycles. The van der Waals surface area contributed by atoms with Gasteiger partial charge in [-0.15, -0.1) is 0 Å². The zero-order valence-electron chi connectivity index (χ0n) is 9.62. The van der Waals surface area contributed by atoms with Gasteiger partial charge in [-0.05, 0) is 25.3 Å². The lowest BCUT2D eigenvalue weighted by Gasteiger charge is -2.08. The smallest absolute Gasteiger partial charge is 0.220 e. The molecule has 0 aromatic heterocycles. The van der Waals surface area contributed by atoms with Gasteiger partial charge in [0.2, 0.25) is 5.91 Å². The van der Waals surface area contributed by atoms with Crippen LogP contribution < -0.4 is 11.1 Å². The second-order valence-corrected chi connectivity index (χ2v) is 5.42. The zero-order chi connectivity index (χ0) is 11.7. The lowest BCUT2D eigenvalue weighted by Crippen LogP contribution is -2.26. The van der Waals surface area contributed by atoms with Crippen molar-refractivity contribution in [3.8, 4) is 0 Å². The summed E-state index contributed by atoms with van der Waals surface area (Å²) in [7, 11) is -0.761. The molecule has 90 valence electrons. The molecule has 0 aromatic carbocycles. The fourth-order valence-corrected chi connectivity index (χ4v) is 1.64. The summed E-state index contributed by atoms with van der Waals surface area (Å²) in [5.74, 6) is 1.12. The Kier molecular flexibility index (Phi) is 8.61. The predicted octanol–water partition coefficient (Wildman–Crippen LogP) is 0.246. The maximum Gasteiger partial charge on any atom is 0.220 e. The van der Waals surface area contributed by atoms with Crippen molar-refractivity contribution in [2.24, 2.45) is 11.7 Å². The first-order valence-electron chi connectivity index (χ1n) is 5.33. The number of nitrogens with two attached hydrogens (primary N) is 1. The van der Waals surface area contributed by atoms with Crippen LogP contribution in [0.4, 0.5) is 0 Å². The maximum absolute atomic E-state index is 11.3. The standard InChI is InChI=1S/C10H22N2O2S/c1-9(8-11)4-5-10(13)12-6-3-7-15(2)14/h9H,3-8,11H2,1-2H3,(H,12,13). The fraction of sp³-hybridized carbons (Fsp3) is 0.900. The molecule has 0 radical (unpaired) electrons. The van der Waals surface area contributed by atoms with Gasteiger partial charge in [0.15, 0.2) is 0 Å². The summed E-state index contributed by atoms with van der Waals surface area (Å²) < 4.78 is 10.7. The summed E-state index contributed by atoms with van der Waals surface area (Å²) >= 11 is 0. The third kappa shape index (κ3) is 9.87. The van der Waals surface area contributed by atoms with E-state index in [-0.39, 0.29) is 5.91 Å². The van der Waals surface area contributed by atoms with Gasteiger partial charge in [0.25, 0.3) is 0 Å². The molecule has 2 unspecified atom stereocenters. The third-order valence-electron chi connectivity index (χ3n) is 2.20. The van der Waals surface area contributed by atoms with E-state index in [0.29, 0.717) is 31.2 Å². The van der Waals surface area contributed by atoms with Crippen molar-refractivity contribution < 1.29 is 9.00 Å². The average Bonchev–Trinajstić information content (AvgIpc) is 2.20. The predicted molar refractivity (Wildman–Crippen MR) is 64.0 cm³/mol. The molecule has 0 fully saturated rings. The Labute approximate surface area is 94.4 Å². The van der Waals surface area contributed by atoms with E-state index in [1.54, 1.807) is 6.26 Å². The Hall–Kier alpha value is -0.420. The minimum atomic E-state index is -0.761. The summed E-state index contributed by atoms with van der Waals surface area (Å²) in [5.41, 5.74) is 5.45. The Morgan fingerprint density at radius 2 is 2.20 bits per heavy atom. The van der Waals surface area contributed by atoms with E-state index < -0.39 is 10.8 Å². The number of hydrogen-bond acceptors (Lipinski definition) is 3. The van der Waals surface area contributed by atoms with Gasteiger partial charge in [0, 0.05) is 35.8 Å². The first-order valence-corrected chi connectivity index (χ1v) is 7.05. The number of rotatable bonds is 8. The van der Waals surface area contributed by atoms with Gasteiger partial charge >= 0.3 is 0 Å². The van der Waals surface area contributed by atoms with Crippen LogP contribution in [0.1, 0.15) is 26.2 Å². The lowest BCUT2D eigenvalue weighted by molar-refractivity contribution is -0.121. The van der Waals surface area contributed by atoms with E-state index in [4.69, 9.17) is 5.73 Å². The first-order chi connectivity index (χ1) is 7.06. The van der Waals surface area contributed by atoms with Crippen LogP contribution in [0.25, 0.3) is 0 Å². The molecule has 1 amide bonds. The van der Waals surface area contributed by atoms with Crippen molar-refractivity contribution >= 4 is 16.7 Å². The van der Waals surface area contributed by atoms with Gasteiger partial charge in [-0.3, -0.25) is 9.00 Å². The highest BCUT2D eigenvalue weighted by atomic mass is 32.2.